The topological polar surface area (TPSA) is 51.2 Å². The Labute approximate surface area is 198 Å². The van der Waals surface area contributed by atoms with Gasteiger partial charge in [-0.3, -0.25) is 9.78 Å². The first-order chi connectivity index (χ1) is 16.1. The number of hydrogen-bond acceptors (Lipinski definition) is 3. The maximum Gasteiger partial charge on any atom is 0.244 e. The minimum absolute atomic E-state index is 0.0282. The molecule has 0 spiro atoms. The van der Waals surface area contributed by atoms with Crippen LogP contribution < -0.4 is 10.1 Å². The van der Waals surface area contributed by atoms with Gasteiger partial charge in [0, 0.05) is 24.5 Å². The summed E-state index contributed by atoms with van der Waals surface area (Å²) < 4.78 is 5.38. The summed E-state index contributed by atoms with van der Waals surface area (Å²) >= 11 is 0. The van der Waals surface area contributed by atoms with Crippen LogP contribution in [-0.4, -0.2) is 24.0 Å². The van der Waals surface area contributed by atoms with Crippen molar-refractivity contribution in [2.45, 2.75) is 64.8 Å². The molecule has 4 nitrogen and oxygen atoms in total. The summed E-state index contributed by atoms with van der Waals surface area (Å²) in [5.74, 6) is 0.834. The van der Waals surface area contributed by atoms with Gasteiger partial charge in [-0.05, 0) is 90.3 Å². The maximum absolute atomic E-state index is 12.7. The third-order valence-electron chi connectivity index (χ3n) is 6.15. The molecule has 1 atom stereocenters. The highest BCUT2D eigenvalue weighted by atomic mass is 16.5. The number of unbranched alkanes of at least 4 members (excludes halogenated alkanes) is 1. The van der Waals surface area contributed by atoms with E-state index >= 15 is 0 Å². The number of hydrogen-bond donors (Lipinski definition) is 1. The van der Waals surface area contributed by atoms with E-state index in [1.54, 1.807) is 19.4 Å². The lowest BCUT2D eigenvalue weighted by Gasteiger charge is -2.16. The molecule has 0 saturated carbocycles. The Hall–Kier alpha value is -3.14. The minimum Gasteiger partial charge on any atom is -0.497 e. The smallest absolute Gasteiger partial charge is 0.244 e. The number of carbonyl (C=O) groups excluding carboxylic acids is 1. The largest absolute Gasteiger partial charge is 0.497 e. The highest BCUT2D eigenvalue weighted by Crippen LogP contribution is 2.28. The fourth-order valence-corrected chi connectivity index (χ4v) is 4.20. The van der Waals surface area contributed by atoms with Gasteiger partial charge in [-0.2, -0.15) is 0 Å². The van der Waals surface area contributed by atoms with Crippen molar-refractivity contribution in [1.29, 1.82) is 0 Å². The third-order valence-corrected chi connectivity index (χ3v) is 6.15. The molecule has 3 rings (SSSR count). The zero-order valence-corrected chi connectivity index (χ0v) is 20.1. The van der Waals surface area contributed by atoms with Crippen molar-refractivity contribution in [1.82, 2.24) is 10.3 Å². The van der Waals surface area contributed by atoms with Crippen molar-refractivity contribution in [2.75, 3.05) is 7.11 Å². The van der Waals surface area contributed by atoms with Crippen molar-refractivity contribution >= 4 is 22.8 Å². The van der Waals surface area contributed by atoms with E-state index in [1.165, 1.54) is 21.9 Å². The molecule has 33 heavy (non-hydrogen) atoms. The van der Waals surface area contributed by atoms with Gasteiger partial charge in [0.1, 0.15) is 5.75 Å². The van der Waals surface area contributed by atoms with Gasteiger partial charge in [0.2, 0.25) is 5.91 Å². The predicted octanol–water partition coefficient (Wildman–Crippen LogP) is 6.52. The number of aryl methyl sites for hydroxylation is 2. The lowest BCUT2D eigenvalue weighted by atomic mass is 9.94. The number of methoxy groups -OCH3 is 1. The fraction of sp³-hybridized carbons (Fsp3) is 0.379. The molecule has 2 aromatic carbocycles. The maximum atomic E-state index is 12.7. The quantitative estimate of drug-likeness (QED) is 0.324. The summed E-state index contributed by atoms with van der Waals surface area (Å²) in [5.41, 5.74) is 3.65. The number of amides is 1. The molecule has 0 fully saturated rings. The monoisotopic (exact) mass is 444 g/mol. The van der Waals surface area contributed by atoms with Crippen LogP contribution in [0.3, 0.4) is 0 Å². The Bertz CT molecular complexity index is 1060. The summed E-state index contributed by atoms with van der Waals surface area (Å²) in [6.45, 7) is 4.33. The number of fused-ring (bicyclic) bond motifs is 1. The normalized spacial score (nSPS) is 12.2. The first-order valence-electron chi connectivity index (χ1n) is 12.1. The number of carbonyl (C=O) groups is 1. The molecule has 1 heterocycles. The third kappa shape index (κ3) is 7.18. The van der Waals surface area contributed by atoms with E-state index in [4.69, 9.17) is 4.74 Å². The van der Waals surface area contributed by atoms with E-state index in [0.29, 0.717) is 0 Å². The van der Waals surface area contributed by atoms with Crippen LogP contribution in [-0.2, 0) is 17.6 Å². The molecular formula is C29H36N2O2. The Morgan fingerprint density at radius 2 is 2.00 bits per heavy atom. The number of nitrogens with zero attached hydrogens (tertiary/aromatic N) is 1. The van der Waals surface area contributed by atoms with Crippen LogP contribution in [0.5, 0.6) is 5.75 Å². The van der Waals surface area contributed by atoms with Gasteiger partial charge < -0.3 is 10.1 Å². The molecule has 0 bridgehead atoms. The van der Waals surface area contributed by atoms with Gasteiger partial charge in [-0.1, -0.05) is 44.5 Å². The van der Waals surface area contributed by atoms with E-state index in [9.17, 15) is 4.79 Å². The molecule has 0 radical (unpaired) electrons. The lowest BCUT2D eigenvalue weighted by Crippen LogP contribution is -2.33. The summed E-state index contributed by atoms with van der Waals surface area (Å²) in [6, 6.07) is 14.7. The molecule has 1 aromatic heterocycles. The number of pyridine rings is 1. The van der Waals surface area contributed by atoms with Gasteiger partial charge >= 0.3 is 0 Å². The molecule has 0 saturated heterocycles. The Morgan fingerprint density at radius 3 is 2.73 bits per heavy atom. The van der Waals surface area contributed by atoms with Crippen molar-refractivity contribution in [3.05, 3.63) is 77.6 Å². The average Bonchev–Trinajstić information content (AvgIpc) is 2.85. The van der Waals surface area contributed by atoms with Crippen LogP contribution in [0, 0.1) is 0 Å². The molecule has 0 aliphatic heterocycles. The molecule has 3 aromatic rings. The zero-order chi connectivity index (χ0) is 23.5. The molecular weight excluding hydrogens is 408 g/mol. The first-order valence-corrected chi connectivity index (χ1v) is 12.1. The molecule has 0 unspecified atom stereocenters. The van der Waals surface area contributed by atoms with E-state index in [0.717, 1.165) is 56.3 Å². The Balaban J connectivity index is 1.66. The minimum atomic E-state index is -0.0282. The molecule has 174 valence electrons. The van der Waals surface area contributed by atoms with Crippen LogP contribution in [0.2, 0.25) is 0 Å². The van der Waals surface area contributed by atoms with Crippen LogP contribution in [0.25, 0.3) is 16.8 Å². The van der Waals surface area contributed by atoms with Crippen molar-refractivity contribution in [3.63, 3.8) is 0 Å². The standard InChI is InChI=1S/C29H36N2O2/c1-4-6-12-27-23(13-14-24-20-26(33-3)16-17-28(24)27)15-18-29(32)31-25(5-2)11-7-9-22-10-8-19-30-21-22/h8,10,13-21,25H,4-7,9,11-12H2,1-3H3,(H,31,32)/b18-15+/t25-/m1/s1. The number of benzene rings is 2. The highest BCUT2D eigenvalue weighted by Gasteiger charge is 2.10. The van der Waals surface area contributed by atoms with Gasteiger partial charge in [0.15, 0.2) is 0 Å². The number of rotatable bonds is 12. The van der Waals surface area contributed by atoms with Crippen molar-refractivity contribution < 1.29 is 9.53 Å². The van der Waals surface area contributed by atoms with Gasteiger partial charge in [0.05, 0.1) is 7.11 Å². The highest BCUT2D eigenvalue weighted by molar-refractivity contribution is 5.94. The summed E-state index contributed by atoms with van der Waals surface area (Å²) in [5, 5.41) is 5.58. The average molecular weight is 445 g/mol. The number of ether oxygens (including phenoxy) is 1. The van der Waals surface area contributed by atoms with E-state index in [-0.39, 0.29) is 11.9 Å². The molecule has 0 aliphatic rings. The Kier molecular flexibility index (Phi) is 9.49. The fourth-order valence-electron chi connectivity index (χ4n) is 4.20. The second-order valence-electron chi connectivity index (χ2n) is 8.52. The molecule has 1 amide bonds. The number of aromatic nitrogens is 1. The zero-order valence-electron chi connectivity index (χ0n) is 20.1. The second kappa shape index (κ2) is 12.8. The van der Waals surface area contributed by atoms with Crippen molar-refractivity contribution in [3.8, 4) is 5.75 Å². The summed E-state index contributed by atoms with van der Waals surface area (Å²) in [7, 11) is 1.69. The number of nitrogens with one attached hydrogen (secondary N) is 1. The lowest BCUT2D eigenvalue weighted by molar-refractivity contribution is -0.117. The molecule has 4 heteroatoms. The van der Waals surface area contributed by atoms with Gasteiger partial charge in [-0.25, -0.2) is 0 Å². The van der Waals surface area contributed by atoms with Gasteiger partial charge in [0.25, 0.3) is 0 Å². The second-order valence-corrected chi connectivity index (χ2v) is 8.52. The summed E-state index contributed by atoms with van der Waals surface area (Å²) in [4.78, 5) is 16.8. The van der Waals surface area contributed by atoms with Crippen LogP contribution >= 0.6 is 0 Å². The predicted molar refractivity (Wildman–Crippen MR) is 138 cm³/mol. The van der Waals surface area contributed by atoms with E-state index in [1.807, 2.05) is 24.4 Å². The van der Waals surface area contributed by atoms with Crippen LogP contribution in [0.15, 0.2) is 60.9 Å². The molecule has 1 N–H and O–H groups in total. The van der Waals surface area contributed by atoms with E-state index in [2.05, 4.69) is 54.5 Å². The molecule has 0 aliphatic carbocycles. The SMILES string of the molecule is CCCCc1c(/C=C/C(=O)N[C@H](CC)CCCc2cccnc2)ccc2cc(OC)ccc12. The van der Waals surface area contributed by atoms with E-state index < -0.39 is 0 Å². The first kappa shape index (κ1) is 24.5. The van der Waals surface area contributed by atoms with Crippen LogP contribution in [0.4, 0.5) is 0 Å². The van der Waals surface area contributed by atoms with Gasteiger partial charge in [-0.15, -0.1) is 0 Å². The Morgan fingerprint density at radius 1 is 1.12 bits per heavy atom. The van der Waals surface area contributed by atoms with Crippen molar-refractivity contribution in [2.24, 2.45) is 0 Å². The summed E-state index contributed by atoms with van der Waals surface area (Å²) in [6.07, 6.45) is 14.5. The van der Waals surface area contributed by atoms with Crippen LogP contribution in [0.1, 0.15) is 62.6 Å².